The van der Waals surface area contributed by atoms with E-state index in [1.54, 1.807) is 0 Å². The van der Waals surface area contributed by atoms with Crippen molar-refractivity contribution in [3.63, 3.8) is 0 Å². The molecule has 0 unspecified atom stereocenters. The molecule has 5 heteroatoms. The number of hydrogen-bond donors (Lipinski definition) is 0. The molecular weight excluding hydrogens is 278 g/mol. The summed E-state index contributed by atoms with van der Waals surface area (Å²) in [6.07, 6.45) is -0.160. The summed E-state index contributed by atoms with van der Waals surface area (Å²) in [6, 6.07) is 8.62. The van der Waals surface area contributed by atoms with E-state index in [-0.39, 0.29) is 17.5 Å². The highest BCUT2D eigenvalue weighted by molar-refractivity contribution is 6.10. The maximum absolute atomic E-state index is 13.4. The van der Waals surface area contributed by atoms with Crippen LogP contribution in [0.2, 0.25) is 0 Å². The van der Waals surface area contributed by atoms with Gasteiger partial charge in [0.05, 0.1) is 13.5 Å². The molecule has 3 nitrogen and oxygen atoms in total. The van der Waals surface area contributed by atoms with Crippen LogP contribution in [0.1, 0.15) is 21.5 Å². The number of halogens is 2. The minimum absolute atomic E-state index is 0.0194. The van der Waals surface area contributed by atoms with Gasteiger partial charge in [-0.3, -0.25) is 9.59 Å². The fourth-order valence-electron chi connectivity index (χ4n) is 1.93. The maximum Gasteiger partial charge on any atom is 0.310 e. The van der Waals surface area contributed by atoms with Crippen LogP contribution in [0.3, 0.4) is 0 Å². The van der Waals surface area contributed by atoms with Gasteiger partial charge in [0.15, 0.2) is 5.78 Å². The van der Waals surface area contributed by atoms with E-state index in [2.05, 4.69) is 4.74 Å². The molecule has 0 atom stereocenters. The van der Waals surface area contributed by atoms with Crippen LogP contribution >= 0.6 is 0 Å². The van der Waals surface area contributed by atoms with Crippen molar-refractivity contribution in [1.82, 2.24) is 0 Å². The molecule has 0 heterocycles. The highest BCUT2D eigenvalue weighted by Gasteiger charge is 2.17. The molecule has 0 bridgehead atoms. The zero-order chi connectivity index (χ0) is 15.4. The second-order valence-electron chi connectivity index (χ2n) is 4.39. The second-order valence-corrected chi connectivity index (χ2v) is 4.39. The second kappa shape index (κ2) is 6.26. The van der Waals surface area contributed by atoms with E-state index in [4.69, 9.17) is 0 Å². The molecule has 0 radical (unpaired) electrons. The summed E-state index contributed by atoms with van der Waals surface area (Å²) in [5.41, 5.74) is 0.440. The Balaban J connectivity index is 2.44. The summed E-state index contributed by atoms with van der Waals surface area (Å²) in [7, 11) is 1.22. The zero-order valence-corrected chi connectivity index (χ0v) is 11.2. The molecule has 0 aliphatic carbocycles. The largest absolute Gasteiger partial charge is 0.469 e. The summed E-state index contributed by atoms with van der Waals surface area (Å²) >= 11 is 0. The van der Waals surface area contributed by atoms with Gasteiger partial charge in [0.1, 0.15) is 11.6 Å². The van der Waals surface area contributed by atoms with Gasteiger partial charge in [-0.15, -0.1) is 0 Å². The molecule has 2 aromatic carbocycles. The number of carbonyl (C=O) groups excluding carboxylic acids is 2. The maximum atomic E-state index is 13.4. The standard InChI is InChI=1S/C16H12F2O3/c1-21-15(19)8-10-5-6-13(18)9-14(10)16(20)11-3-2-4-12(17)7-11/h2-7,9H,8H2,1H3. The van der Waals surface area contributed by atoms with Crippen LogP contribution in [0.25, 0.3) is 0 Å². The van der Waals surface area contributed by atoms with Crippen LogP contribution in [0.5, 0.6) is 0 Å². The molecule has 0 saturated heterocycles. The van der Waals surface area contributed by atoms with Gasteiger partial charge in [-0.1, -0.05) is 18.2 Å². The van der Waals surface area contributed by atoms with Gasteiger partial charge in [0.25, 0.3) is 0 Å². The molecule has 2 aromatic rings. The van der Waals surface area contributed by atoms with Gasteiger partial charge < -0.3 is 4.74 Å². The third-order valence-corrected chi connectivity index (χ3v) is 2.97. The Kier molecular flexibility index (Phi) is 4.42. The van der Waals surface area contributed by atoms with Crippen LogP contribution in [0.15, 0.2) is 42.5 Å². The molecular formula is C16H12F2O3. The van der Waals surface area contributed by atoms with Crippen molar-refractivity contribution < 1.29 is 23.1 Å². The van der Waals surface area contributed by atoms with Crippen LogP contribution in [0.4, 0.5) is 8.78 Å². The molecule has 108 valence electrons. The van der Waals surface area contributed by atoms with Gasteiger partial charge in [-0.2, -0.15) is 0 Å². The number of benzene rings is 2. The fourth-order valence-corrected chi connectivity index (χ4v) is 1.93. The van der Waals surface area contributed by atoms with Crippen molar-refractivity contribution in [3.05, 3.63) is 70.8 Å². The van der Waals surface area contributed by atoms with E-state index >= 15 is 0 Å². The van der Waals surface area contributed by atoms with E-state index in [0.29, 0.717) is 5.56 Å². The van der Waals surface area contributed by atoms with Gasteiger partial charge in [-0.05, 0) is 29.8 Å². The van der Waals surface area contributed by atoms with Crippen molar-refractivity contribution in [2.75, 3.05) is 7.11 Å². The Labute approximate surface area is 120 Å². The molecule has 21 heavy (non-hydrogen) atoms. The molecule has 0 aliphatic heterocycles. The van der Waals surface area contributed by atoms with Crippen LogP contribution in [0, 0.1) is 11.6 Å². The Morgan fingerprint density at radius 3 is 2.43 bits per heavy atom. The average Bonchev–Trinajstić information content (AvgIpc) is 2.48. The lowest BCUT2D eigenvalue weighted by molar-refractivity contribution is -0.139. The third-order valence-electron chi connectivity index (χ3n) is 2.97. The fraction of sp³-hybridized carbons (Fsp3) is 0.125. The van der Waals surface area contributed by atoms with Gasteiger partial charge >= 0.3 is 5.97 Å². The lowest BCUT2D eigenvalue weighted by atomic mass is 9.96. The number of hydrogen-bond acceptors (Lipinski definition) is 3. The third kappa shape index (κ3) is 3.51. The van der Waals surface area contributed by atoms with Crippen LogP contribution in [-0.4, -0.2) is 18.9 Å². The molecule has 0 saturated carbocycles. The quantitative estimate of drug-likeness (QED) is 0.642. The van der Waals surface area contributed by atoms with Crippen molar-refractivity contribution >= 4 is 11.8 Å². The smallest absolute Gasteiger partial charge is 0.310 e. The summed E-state index contributed by atoms with van der Waals surface area (Å²) in [5.74, 6) is -2.27. The van der Waals surface area contributed by atoms with Gasteiger partial charge in [0, 0.05) is 11.1 Å². The van der Waals surface area contributed by atoms with Crippen LogP contribution < -0.4 is 0 Å². The Bertz CT molecular complexity index is 696. The van der Waals surface area contributed by atoms with Crippen molar-refractivity contribution in [2.45, 2.75) is 6.42 Å². The highest BCUT2D eigenvalue weighted by Crippen LogP contribution is 2.18. The van der Waals surface area contributed by atoms with Crippen molar-refractivity contribution in [2.24, 2.45) is 0 Å². The van der Waals surface area contributed by atoms with Crippen molar-refractivity contribution in [1.29, 1.82) is 0 Å². The minimum atomic E-state index is -0.608. The molecule has 2 rings (SSSR count). The summed E-state index contributed by atoms with van der Waals surface area (Å²) in [6.45, 7) is 0. The normalized spacial score (nSPS) is 10.2. The predicted molar refractivity (Wildman–Crippen MR) is 72.0 cm³/mol. The topological polar surface area (TPSA) is 43.4 Å². The molecule has 0 aromatic heterocycles. The zero-order valence-electron chi connectivity index (χ0n) is 11.2. The molecule has 0 fully saturated rings. The Hall–Kier alpha value is -2.56. The van der Waals surface area contributed by atoms with E-state index in [1.165, 1.54) is 31.4 Å². The summed E-state index contributed by atoms with van der Waals surface area (Å²) < 4.78 is 31.1. The molecule has 0 spiro atoms. The van der Waals surface area contributed by atoms with Crippen molar-refractivity contribution in [3.8, 4) is 0 Å². The number of methoxy groups -OCH3 is 1. The first-order valence-electron chi connectivity index (χ1n) is 6.17. The van der Waals surface area contributed by atoms with E-state index in [0.717, 1.165) is 18.2 Å². The first-order valence-corrected chi connectivity index (χ1v) is 6.17. The highest BCUT2D eigenvalue weighted by atomic mass is 19.1. The number of carbonyl (C=O) groups is 2. The number of ketones is 1. The average molecular weight is 290 g/mol. The first kappa shape index (κ1) is 14.8. The Morgan fingerprint density at radius 1 is 1.05 bits per heavy atom. The number of rotatable bonds is 4. The lowest BCUT2D eigenvalue weighted by Gasteiger charge is -2.08. The van der Waals surface area contributed by atoms with E-state index in [1.807, 2.05) is 0 Å². The number of ether oxygens (including phenoxy) is 1. The number of esters is 1. The van der Waals surface area contributed by atoms with Gasteiger partial charge in [0.2, 0.25) is 0 Å². The lowest BCUT2D eigenvalue weighted by Crippen LogP contribution is -2.11. The van der Waals surface area contributed by atoms with Crippen LogP contribution in [-0.2, 0) is 16.0 Å². The van der Waals surface area contributed by atoms with E-state index in [9.17, 15) is 18.4 Å². The summed E-state index contributed by atoms with van der Waals surface area (Å²) in [5, 5.41) is 0. The Morgan fingerprint density at radius 2 is 1.76 bits per heavy atom. The van der Waals surface area contributed by atoms with Gasteiger partial charge in [-0.25, -0.2) is 8.78 Å². The predicted octanol–water partition coefficient (Wildman–Crippen LogP) is 2.91. The minimum Gasteiger partial charge on any atom is -0.469 e. The molecule has 0 aliphatic rings. The SMILES string of the molecule is COC(=O)Cc1ccc(F)cc1C(=O)c1cccc(F)c1. The van der Waals surface area contributed by atoms with E-state index < -0.39 is 23.4 Å². The monoisotopic (exact) mass is 290 g/mol. The first-order chi connectivity index (χ1) is 10.0. The summed E-state index contributed by atoms with van der Waals surface area (Å²) in [4.78, 5) is 23.7. The molecule has 0 N–H and O–H groups in total. The molecule has 0 amide bonds.